The molecule has 1 N–H and O–H groups in total. The minimum Gasteiger partial charge on any atom is -0.337 e. The van der Waals surface area contributed by atoms with Gasteiger partial charge in [0.25, 0.3) is 5.69 Å². The van der Waals surface area contributed by atoms with Crippen LogP contribution in [0.2, 0.25) is 0 Å². The van der Waals surface area contributed by atoms with Crippen molar-refractivity contribution >= 4 is 28.4 Å². The summed E-state index contributed by atoms with van der Waals surface area (Å²) in [6, 6.07) is 26.6. The van der Waals surface area contributed by atoms with Crippen LogP contribution in [-0.2, 0) is 0 Å². The number of hydrogen-bond donors (Lipinski definition) is 1. The van der Waals surface area contributed by atoms with Crippen LogP contribution in [0.3, 0.4) is 0 Å². The predicted molar refractivity (Wildman–Crippen MR) is 137 cm³/mol. The zero-order valence-electron chi connectivity index (χ0n) is 19.2. The number of fused-ring (bicyclic) bond motifs is 1. The fourth-order valence-electron chi connectivity index (χ4n) is 4.30. The van der Waals surface area contributed by atoms with Crippen molar-refractivity contribution in [3.05, 3.63) is 112 Å². The summed E-state index contributed by atoms with van der Waals surface area (Å²) in [5, 5.41) is 20.7. The average Bonchev–Trinajstić information content (AvgIpc) is 3.42. The molecular formula is C28H21N5O2. The molecule has 0 aliphatic heterocycles. The first-order chi connectivity index (χ1) is 16.9. The summed E-state index contributed by atoms with van der Waals surface area (Å²) in [5.41, 5.74) is 8.13. The van der Waals surface area contributed by atoms with Crippen LogP contribution in [0.1, 0.15) is 22.8 Å². The highest BCUT2D eigenvalue weighted by Gasteiger charge is 2.13. The molecule has 0 bridgehead atoms. The van der Waals surface area contributed by atoms with Crippen molar-refractivity contribution < 1.29 is 4.92 Å². The zero-order valence-corrected chi connectivity index (χ0v) is 19.2. The Balaban J connectivity index is 1.47. The monoisotopic (exact) mass is 459 g/mol. The van der Waals surface area contributed by atoms with Gasteiger partial charge < -0.3 is 9.55 Å². The third-order valence-corrected chi connectivity index (χ3v) is 6.07. The highest BCUT2D eigenvalue weighted by molar-refractivity contribution is 5.90. The van der Waals surface area contributed by atoms with Gasteiger partial charge in [0.1, 0.15) is 11.9 Å². The van der Waals surface area contributed by atoms with Crippen LogP contribution in [0.5, 0.6) is 0 Å². The fraction of sp³-hybridized carbons (Fsp3) is 0.0714. The zero-order chi connectivity index (χ0) is 24.5. The van der Waals surface area contributed by atoms with Crippen molar-refractivity contribution in [2.75, 3.05) is 0 Å². The minimum atomic E-state index is -0.400. The van der Waals surface area contributed by atoms with E-state index in [9.17, 15) is 15.4 Å². The number of benzene rings is 3. The topological polar surface area (TPSA) is 101 Å². The van der Waals surface area contributed by atoms with Crippen LogP contribution in [0.4, 0.5) is 5.69 Å². The molecule has 2 aromatic heterocycles. The van der Waals surface area contributed by atoms with Gasteiger partial charge in [0, 0.05) is 29.2 Å². The lowest BCUT2D eigenvalue weighted by Crippen LogP contribution is -1.99. The Labute approximate surface area is 201 Å². The van der Waals surface area contributed by atoms with Gasteiger partial charge >= 0.3 is 0 Å². The van der Waals surface area contributed by atoms with E-state index in [1.54, 1.807) is 12.1 Å². The molecule has 170 valence electrons. The number of aryl methyl sites for hydroxylation is 1. The number of non-ortho nitro benzene ring substituents is 1. The number of hydrogen-bond acceptors (Lipinski definition) is 4. The highest BCUT2D eigenvalue weighted by atomic mass is 16.6. The smallest absolute Gasteiger partial charge is 0.269 e. The van der Waals surface area contributed by atoms with Gasteiger partial charge in [-0.05, 0) is 79.1 Å². The van der Waals surface area contributed by atoms with Crippen LogP contribution in [-0.4, -0.2) is 19.5 Å². The maximum Gasteiger partial charge on any atom is 0.269 e. The first-order valence-electron chi connectivity index (χ1n) is 11.1. The van der Waals surface area contributed by atoms with Gasteiger partial charge in [-0.1, -0.05) is 24.3 Å². The second-order valence-electron chi connectivity index (χ2n) is 8.29. The van der Waals surface area contributed by atoms with Crippen LogP contribution in [0, 0.1) is 35.3 Å². The summed E-state index contributed by atoms with van der Waals surface area (Å²) >= 11 is 0. The lowest BCUT2D eigenvalue weighted by molar-refractivity contribution is -0.384. The van der Waals surface area contributed by atoms with Crippen molar-refractivity contribution in [3.8, 4) is 22.9 Å². The van der Waals surface area contributed by atoms with Gasteiger partial charge in [-0.3, -0.25) is 10.1 Å². The Morgan fingerprint density at radius 3 is 2.31 bits per heavy atom. The first-order valence-corrected chi connectivity index (χ1v) is 11.1. The Morgan fingerprint density at radius 2 is 1.69 bits per heavy atom. The van der Waals surface area contributed by atoms with Gasteiger partial charge in [-0.15, -0.1) is 0 Å². The lowest BCUT2D eigenvalue weighted by atomic mass is 10.0. The van der Waals surface area contributed by atoms with E-state index in [1.165, 1.54) is 12.1 Å². The van der Waals surface area contributed by atoms with Gasteiger partial charge in [0.05, 0.1) is 21.5 Å². The maximum absolute atomic E-state index is 10.9. The Hall–Kier alpha value is -4.96. The molecule has 2 heterocycles. The van der Waals surface area contributed by atoms with E-state index in [2.05, 4.69) is 26.7 Å². The van der Waals surface area contributed by atoms with Crippen LogP contribution in [0.15, 0.2) is 78.9 Å². The molecule has 0 unspecified atom stereocenters. The number of H-pyrrole nitrogens is 1. The van der Waals surface area contributed by atoms with E-state index >= 15 is 0 Å². The molecule has 3 aromatic carbocycles. The summed E-state index contributed by atoms with van der Waals surface area (Å²) in [6.45, 7) is 4.05. The van der Waals surface area contributed by atoms with E-state index in [0.29, 0.717) is 11.4 Å². The van der Waals surface area contributed by atoms with Crippen molar-refractivity contribution in [2.24, 2.45) is 0 Å². The summed E-state index contributed by atoms with van der Waals surface area (Å²) < 4.78 is 2.14. The molecule has 0 aliphatic carbocycles. The maximum atomic E-state index is 10.9. The van der Waals surface area contributed by atoms with E-state index in [-0.39, 0.29) is 5.69 Å². The van der Waals surface area contributed by atoms with Gasteiger partial charge in [-0.25, -0.2) is 4.98 Å². The molecule has 0 spiro atoms. The fourth-order valence-corrected chi connectivity index (χ4v) is 4.30. The standard InChI is InChI=1S/C28H21N5O2/c1-18-15-22(16-23(17-29)28-30-26-5-3-4-6-27(26)31-28)19(2)32(18)24-11-7-20(8-12-24)21-9-13-25(14-10-21)33(34)35/h3-16H,1-2H3,(H,30,31)/b23-16-. The molecule has 0 saturated heterocycles. The van der Waals surface area contributed by atoms with Crippen molar-refractivity contribution in [1.82, 2.24) is 14.5 Å². The summed E-state index contributed by atoms with van der Waals surface area (Å²) in [6.07, 6.45) is 1.86. The third kappa shape index (κ3) is 4.09. The normalized spacial score (nSPS) is 11.5. The predicted octanol–water partition coefficient (Wildman–Crippen LogP) is 6.61. The number of aromatic nitrogens is 3. The van der Waals surface area contributed by atoms with Gasteiger partial charge in [0.2, 0.25) is 0 Å². The average molecular weight is 460 g/mol. The molecule has 7 heteroatoms. The third-order valence-electron chi connectivity index (χ3n) is 6.07. The number of imidazole rings is 1. The number of aromatic amines is 1. The van der Waals surface area contributed by atoms with Crippen LogP contribution < -0.4 is 0 Å². The molecule has 0 fully saturated rings. The van der Waals surface area contributed by atoms with Crippen LogP contribution in [0.25, 0.3) is 39.5 Å². The number of nitrogens with one attached hydrogen (secondary N) is 1. The molecular weight excluding hydrogens is 438 g/mol. The molecule has 0 amide bonds. The van der Waals surface area contributed by atoms with E-state index < -0.39 is 4.92 Å². The second kappa shape index (κ2) is 8.76. The number of para-hydroxylation sites is 2. The minimum absolute atomic E-state index is 0.0731. The van der Waals surface area contributed by atoms with Crippen molar-refractivity contribution in [3.63, 3.8) is 0 Å². The Kier molecular flexibility index (Phi) is 5.47. The second-order valence-corrected chi connectivity index (χ2v) is 8.29. The van der Waals surface area contributed by atoms with E-state index in [0.717, 1.165) is 44.8 Å². The largest absolute Gasteiger partial charge is 0.337 e. The van der Waals surface area contributed by atoms with Gasteiger partial charge in [0.15, 0.2) is 0 Å². The molecule has 0 atom stereocenters. The Morgan fingerprint density at radius 1 is 1.03 bits per heavy atom. The highest BCUT2D eigenvalue weighted by Crippen LogP contribution is 2.28. The SMILES string of the molecule is Cc1cc(/C=C(/C#N)c2nc3ccccc3[nH]2)c(C)n1-c1ccc(-c2ccc([N+](=O)[O-])cc2)cc1. The molecule has 0 aliphatic rings. The first kappa shape index (κ1) is 21.9. The molecule has 5 rings (SSSR count). The molecule has 7 nitrogen and oxygen atoms in total. The number of rotatable bonds is 5. The number of nitro benzene ring substituents is 1. The van der Waals surface area contributed by atoms with Crippen LogP contribution >= 0.6 is 0 Å². The number of nitriles is 1. The summed E-state index contributed by atoms with van der Waals surface area (Å²) in [5.74, 6) is 0.547. The Bertz CT molecular complexity index is 1600. The summed E-state index contributed by atoms with van der Waals surface area (Å²) in [7, 11) is 0. The molecule has 0 saturated carbocycles. The number of allylic oxidation sites excluding steroid dienone is 1. The quantitative estimate of drug-likeness (QED) is 0.181. The molecule has 5 aromatic rings. The van der Waals surface area contributed by atoms with E-state index in [1.807, 2.05) is 68.5 Å². The lowest BCUT2D eigenvalue weighted by Gasteiger charge is -2.11. The molecule has 0 radical (unpaired) electrons. The summed E-state index contributed by atoms with van der Waals surface area (Å²) in [4.78, 5) is 18.3. The van der Waals surface area contributed by atoms with E-state index in [4.69, 9.17) is 0 Å². The van der Waals surface area contributed by atoms with Gasteiger partial charge in [-0.2, -0.15) is 5.26 Å². The van der Waals surface area contributed by atoms with Crippen molar-refractivity contribution in [1.29, 1.82) is 5.26 Å². The number of nitro groups is 1. The number of nitrogens with zero attached hydrogens (tertiary/aromatic N) is 4. The molecule has 35 heavy (non-hydrogen) atoms. The van der Waals surface area contributed by atoms with Crippen molar-refractivity contribution in [2.45, 2.75) is 13.8 Å².